The van der Waals surface area contributed by atoms with Crippen LogP contribution in [0.15, 0.2) is 47.6 Å². The standard InChI is InChI=1S/C23H30N4O3/c1-23(2,3)30-22(28)27-15-21(14-20(27)9-6-12-25-26-24)29-16-17-10-11-18-7-4-5-8-19(18)13-17/h4-5,7-8,10-11,13,20-21H,6,9,12,14-16H2,1-3H3/t20-,21-/m0/s1. The number of nitrogens with zero attached hydrogens (tertiary/aromatic N) is 4. The van der Waals surface area contributed by atoms with Crippen molar-refractivity contribution in [3.63, 3.8) is 0 Å². The fourth-order valence-corrected chi connectivity index (χ4v) is 3.80. The lowest BCUT2D eigenvalue weighted by Crippen LogP contribution is -2.40. The van der Waals surface area contributed by atoms with Crippen LogP contribution < -0.4 is 0 Å². The Labute approximate surface area is 177 Å². The highest BCUT2D eigenvalue weighted by molar-refractivity contribution is 5.82. The zero-order chi connectivity index (χ0) is 21.6. The highest BCUT2D eigenvalue weighted by atomic mass is 16.6. The largest absolute Gasteiger partial charge is 0.444 e. The van der Waals surface area contributed by atoms with Crippen molar-refractivity contribution < 1.29 is 14.3 Å². The molecule has 0 unspecified atom stereocenters. The van der Waals surface area contributed by atoms with Gasteiger partial charge in [0.25, 0.3) is 0 Å². The molecule has 0 spiro atoms. The molecular weight excluding hydrogens is 380 g/mol. The lowest BCUT2D eigenvalue weighted by Gasteiger charge is -2.28. The van der Waals surface area contributed by atoms with Gasteiger partial charge in [0.1, 0.15) is 5.60 Å². The van der Waals surface area contributed by atoms with Crippen LogP contribution in [-0.4, -0.2) is 41.8 Å². The van der Waals surface area contributed by atoms with Gasteiger partial charge in [-0.05, 0) is 68.0 Å². The van der Waals surface area contributed by atoms with Gasteiger partial charge in [0, 0.05) is 17.5 Å². The molecule has 2 atom stereocenters. The Morgan fingerprint density at radius 2 is 2.00 bits per heavy atom. The molecule has 0 saturated carbocycles. The van der Waals surface area contributed by atoms with Crippen LogP contribution in [0.2, 0.25) is 0 Å². The average molecular weight is 411 g/mol. The van der Waals surface area contributed by atoms with Crippen molar-refractivity contribution in [3.05, 3.63) is 58.5 Å². The number of fused-ring (bicyclic) bond motifs is 1. The van der Waals surface area contributed by atoms with Crippen molar-refractivity contribution in [3.8, 4) is 0 Å². The zero-order valence-corrected chi connectivity index (χ0v) is 18.0. The minimum absolute atomic E-state index is 0.0235. The topological polar surface area (TPSA) is 87.5 Å². The Kier molecular flexibility index (Phi) is 7.19. The maximum Gasteiger partial charge on any atom is 0.410 e. The molecule has 1 heterocycles. The summed E-state index contributed by atoms with van der Waals surface area (Å²) in [7, 11) is 0. The normalized spacial score (nSPS) is 19.0. The third-order valence-corrected chi connectivity index (χ3v) is 5.16. The van der Waals surface area contributed by atoms with Gasteiger partial charge < -0.3 is 14.4 Å². The van der Waals surface area contributed by atoms with E-state index in [9.17, 15) is 4.79 Å². The van der Waals surface area contributed by atoms with Crippen LogP contribution in [0.25, 0.3) is 21.2 Å². The van der Waals surface area contributed by atoms with Crippen molar-refractivity contribution in [2.24, 2.45) is 5.11 Å². The molecule has 160 valence electrons. The number of carbonyl (C=O) groups is 1. The highest BCUT2D eigenvalue weighted by Gasteiger charge is 2.37. The van der Waals surface area contributed by atoms with E-state index in [-0.39, 0.29) is 18.2 Å². The summed E-state index contributed by atoms with van der Waals surface area (Å²) in [5, 5.41) is 5.99. The molecule has 0 N–H and O–H groups in total. The lowest BCUT2D eigenvalue weighted by molar-refractivity contribution is 0.0146. The van der Waals surface area contributed by atoms with Crippen LogP contribution in [0.5, 0.6) is 0 Å². The molecule has 7 heteroatoms. The molecule has 0 aliphatic carbocycles. The maximum absolute atomic E-state index is 12.7. The molecule has 2 aromatic carbocycles. The molecule has 2 aromatic rings. The Hall–Kier alpha value is -2.76. The fourth-order valence-electron chi connectivity index (χ4n) is 3.80. The van der Waals surface area contributed by atoms with E-state index in [0.717, 1.165) is 24.8 Å². The summed E-state index contributed by atoms with van der Waals surface area (Å²) < 4.78 is 11.8. The predicted molar refractivity (Wildman–Crippen MR) is 117 cm³/mol. The third kappa shape index (κ3) is 6.12. The summed E-state index contributed by atoms with van der Waals surface area (Å²) in [5.74, 6) is 0. The zero-order valence-electron chi connectivity index (χ0n) is 18.0. The highest BCUT2D eigenvalue weighted by Crippen LogP contribution is 2.27. The van der Waals surface area contributed by atoms with Crippen molar-refractivity contribution in [1.82, 2.24) is 4.90 Å². The van der Waals surface area contributed by atoms with E-state index in [0.29, 0.717) is 19.7 Å². The van der Waals surface area contributed by atoms with Gasteiger partial charge in [-0.15, -0.1) is 0 Å². The SMILES string of the molecule is CC(C)(C)OC(=O)N1C[C@@H](OCc2ccc3ccccc3c2)C[C@@H]1CCCN=[N+]=[N-]. The average Bonchev–Trinajstić information content (AvgIpc) is 3.11. The Balaban J connectivity index is 1.62. The molecule has 1 amide bonds. The number of ether oxygens (including phenoxy) is 2. The van der Waals surface area contributed by atoms with Gasteiger partial charge >= 0.3 is 6.09 Å². The molecular formula is C23H30N4O3. The van der Waals surface area contributed by atoms with Gasteiger partial charge in [-0.2, -0.15) is 0 Å². The number of likely N-dealkylation sites (tertiary alicyclic amines) is 1. The second-order valence-electron chi connectivity index (χ2n) is 8.73. The van der Waals surface area contributed by atoms with E-state index < -0.39 is 5.60 Å². The maximum atomic E-state index is 12.7. The fraction of sp³-hybridized carbons (Fsp3) is 0.522. The van der Waals surface area contributed by atoms with Crippen molar-refractivity contribution >= 4 is 16.9 Å². The number of carbonyl (C=O) groups excluding carboxylic acids is 1. The number of benzene rings is 2. The molecule has 7 nitrogen and oxygen atoms in total. The van der Waals surface area contributed by atoms with Crippen LogP contribution in [0, 0.1) is 0 Å². The molecule has 1 aliphatic heterocycles. The minimum atomic E-state index is -0.545. The third-order valence-electron chi connectivity index (χ3n) is 5.16. The first kappa shape index (κ1) is 21.9. The molecule has 30 heavy (non-hydrogen) atoms. The smallest absolute Gasteiger partial charge is 0.410 e. The number of azide groups is 1. The van der Waals surface area contributed by atoms with Crippen LogP contribution in [0.4, 0.5) is 4.79 Å². The molecule has 3 rings (SSSR count). The second-order valence-corrected chi connectivity index (χ2v) is 8.73. The van der Waals surface area contributed by atoms with Gasteiger partial charge in [0.2, 0.25) is 0 Å². The monoisotopic (exact) mass is 410 g/mol. The number of amides is 1. The van der Waals surface area contributed by atoms with Crippen molar-refractivity contribution in [2.75, 3.05) is 13.1 Å². The van der Waals surface area contributed by atoms with E-state index in [1.165, 1.54) is 10.8 Å². The molecule has 0 bridgehead atoms. The summed E-state index contributed by atoms with van der Waals surface area (Å²) in [6, 6.07) is 14.6. The van der Waals surface area contributed by atoms with Crippen LogP contribution in [0.3, 0.4) is 0 Å². The van der Waals surface area contributed by atoms with Gasteiger partial charge in [-0.3, -0.25) is 0 Å². The Bertz CT molecular complexity index is 918. The summed E-state index contributed by atoms with van der Waals surface area (Å²) in [6.45, 7) is 7.04. The molecule has 0 radical (unpaired) electrons. The molecule has 0 aromatic heterocycles. The molecule has 1 fully saturated rings. The first-order valence-electron chi connectivity index (χ1n) is 10.5. The minimum Gasteiger partial charge on any atom is -0.444 e. The summed E-state index contributed by atoms with van der Waals surface area (Å²) in [6.07, 6.45) is 1.88. The van der Waals surface area contributed by atoms with Gasteiger partial charge in [-0.1, -0.05) is 41.5 Å². The van der Waals surface area contributed by atoms with Gasteiger partial charge in [0.05, 0.1) is 19.3 Å². The van der Waals surface area contributed by atoms with Crippen LogP contribution >= 0.6 is 0 Å². The van der Waals surface area contributed by atoms with Crippen LogP contribution in [0.1, 0.15) is 45.6 Å². The van der Waals surface area contributed by atoms with Crippen molar-refractivity contribution in [2.45, 2.75) is 64.4 Å². The second kappa shape index (κ2) is 9.83. The quantitative estimate of drug-likeness (QED) is 0.249. The van der Waals surface area contributed by atoms with Gasteiger partial charge in [0.15, 0.2) is 0 Å². The lowest BCUT2D eigenvalue weighted by atomic mass is 10.1. The number of hydrogen-bond donors (Lipinski definition) is 0. The van der Waals surface area contributed by atoms with E-state index in [4.69, 9.17) is 15.0 Å². The molecule has 1 saturated heterocycles. The predicted octanol–water partition coefficient (Wildman–Crippen LogP) is 5.82. The summed E-state index contributed by atoms with van der Waals surface area (Å²) in [5.41, 5.74) is 9.04. The van der Waals surface area contributed by atoms with Crippen molar-refractivity contribution in [1.29, 1.82) is 0 Å². The summed E-state index contributed by atoms with van der Waals surface area (Å²) >= 11 is 0. The number of rotatable bonds is 7. The first-order valence-corrected chi connectivity index (χ1v) is 10.5. The Morgan fingerprint density at radius 1 is 1.23 bits per heavy atom. The molecule has 1 aliphatic rings. The first-order chi connectivity index (χ1) is 14.4. The van der Waals surface area contributed by atoms with E-state index in [1.54, 1.807) is 4.90 Å². The van der Waals surface area contributed by atoms with Gasteiger partial charge in [-0.25, -0.2) is 4.79 Å². The van der Waals surface area contributed by atoms with E-state index in [2.05, 4.69) is 40.4 Å². The van der Waals surface area contributed by atoms with E-state index >= 15 is 0 Å². The number of hydrogen-bond acceptors (Lipinski definition) is 4. The van der Waals surface area contributed by atoms with E-state index in [1.807, 2.05) is 32.9 Å². The Morgan fingerprint density at radius 3 is 2.73 bits per heavy atom. The van der Waals surface area contributed by atoms with Crippen LogP contribution in [-0.2, 0) is 16.1 Å². The summed E-state index contributed by atoms with van der Waals surface area (Å²) in [4.78, 5) is 17.3.